The van der Waals surface area contributed by atoms with Crippen LogP contribution in [0.1, 0.15) is 47.5 Å². The van der Waals surface area contributed by atoms with E-state index in [4.69, 9.17) is 0 Å². The van der Waals surface area contributed by atoms with E-state index in [-0.39, 0.29) is 0 Å². The fraction of sp³-hybridized carbons (Fsp3) is 0.900. The molecule has 0 aromatic carbocycles. The van der Waals surface area contributed by atoms with Crippen LogP contribution in [0, 0.1) is 5.92 Å². The van der Waals surface area contributed by atoms with Gasteiger partial charge >= 0.3 is 0 Å². The summed E-state index contributed by atoms with van der Waals surface area (Å²) in [4.78, 5) is 4.50. The number of nitrogens with zero attached hydrogens (tertiary/aromatic N) is 1. The summed E-state index contributed by atoms with van der Waals surface area (Å²) in [5, 5.41) is 0. The van der Waals surface area contributed by atoms with Gasteiger partial charge in [-0.15, -0.1) is 0 Å². The third-order valence-electron chi connectivity index (χ3n) is 1.96. The lowest BCUT2D eigenvalue weighted by molar-refractivity contribution is 0.494. The van der Waals surface area contributed by atoms with Gasteiger partial charge in [0, 0.05) is 5.71 Å². The van der Waals surface area contributed by atoms with E-state index in [1.165, 1.54) is 18.6 Å². The lowest BCUT2D eigenvalue weighted by atomic mass is 10.0. The molecule has 0 radical (unpaired) electrons. The Kier molecular flexibility index (Phi) is 5.18. The molecular weight excluding hydrogens is 134 g/mol. The minimum atomic E-state index is 0.630. The lowest BCUT2D eigenvalue weighted by Crippen LogP contribution is -2.07. The Labute approximate surface area is 70.9 Å². The third kappa shape index (κ3) is 3.54. The molecule has 66 valence electrons. The molecule has 1 atom stereocenters. The summed E-state index contributed by atoms with van der Waals surface area (Å²) >= 11 is 0. The van der Waals surface area contributed by atoms with Crippen LogP contribution in [0.5, 0.6) is 0 Å². The molecule has 1 rings (SSSR count). The minimum absolute atomic E-state index is 0.630. The number of aliphatic imine (C=N–C) groups is 1. The first kappa shape index (κ1) is 10.7. The summed E-state index contributed by atoms with van der Waals surface area (Å²) in [6, 6.07) is 0.630. The molecule has 0 saturated heterocycles. The smallest absolute Gasteiger partial charge is 0.0525 e. The summed E-state index contributed by atoms with van der Waals surface area (Å²) < 4.78 is 0. The first-order chi connectivity index (χ1) is 5.20. The SMILES string of the molecule is CC.CC1=NC(C(C)C)CC1. The van der Waals surface area contributed by atoms with E-state index in [2.05, 4.69) is 25.8 Å². The monoisotopic (exact) mass is 155 g/mol. The highest BCUT2D eigenvalue weighted by Gasteiger charge is 2.16. The maximum absolute atomic E-state index is 4.50. The van der Waals surface area contributed by atoms with Gasteiger partial charge in [0.15, 0.2) is 0 Å². The van der Waals surface area contributed by atoms with Crippen LogP contribution in [-0.4, -0.2) is 11.8 Å². The predicted molar refractivity (Wildman–Crippen MR) is 52.3 cm³/mol. The number of rotatable bonds is 1. The maximum Gasteiger partial charge on any atom is 0.0525 e. The largest absolute Gasteiger partial charge is 0.291 e. The van der Waals surface area contributed by atoms with E-state index in [1.807, 2.05) is 13.8 Å². The van der Waals surface area contributed by atoms with Crippen LogP contribution >= 0.6 is 0 Å². The third-order valence-corrected chi connectivity index (χ3v) is 1.96. The quantitative estimate of drug-likeness (QED) is 0.551. The highest BCUT2D eigenvalue weighted by atomic mass is 14.8. The fourth-order valence-electron chi connectivity index (χ4n) is 1.25. The normalized spacial score (nSPS) is 22.7. The van der Waals surface area contributed by atoms with Gasteiger partial charge in [0.05, 0.1) is 6.04 Å². The van der Waals surface area contributed by atoms with Crippen molar-refractivity contribution in [2.75, 3.05) is 0 Å². The highest BCUT2D eigenvalue weighted by Crippen LogP contribution is 2.19. The Hall–Kier alpha value is -0.330. The number of hydrogen-bond donors (Lipinski definition) is 0. The van der Waals surface area contributed by atoms with Gasteiger partial charge in [0.25, 0.3) is 0 Å². The van der Waals surface area contributed by atoms with Crippen molar-refractivity contribution >= 4 is 5.71 Å². The summed E-state index contributed by atoms with van der Waals surface area (Å²) in [6.45, 7) is 10.6. The molecule has 0 N–H and O–H groups in total. The van der Waals surface area contributed by atoms with Crippen molar-refractivity contribution < 1.29 is 0 Å². The van der Waals surface area contributed by atoms with Gasteiger partial charge in [-0.2, -0.15) is 0 Å². The highest BCUT2D eigenvalue weighted by molar-refractivity contribution is 5.83. The molecule has 1 heteroatoms. The second-order valence-electron chi connectivity index (χ2n) is 3.21. The van der Waals surface area contributed by atoms with Gasteiger partial charge in [-0.1, -0.05) is 27.7 Å². The topological polar surface area (TPSA) is 12.4 Å². The molecular formula is C10H21N. The molecule has 0 amide bonds. The van der Waals surface area contributed by atoms with Crippen molar-refractivity contribution in [3.63, 3.8) is 0 Å². The molecule has 11 heavy (non-hydrogen) atoms. The van der Waals surface area contributed by atoms with Crippen LogP contribution in [0.15, 0.2) is 4.99 Å². The molecule has 0 aromatic heterocycles. The van der Waals surface area contributed by atoms with Crippen molar-refractivity contribution in [2.24, 2.45) is 10.9 Å². The first-order valence-electron chi connectivity index (χ1n) is 4.73. The average Bonchev–Trinajstić information content (AvgIpc) is 2.40. The van der Waals surface area contributed by atoms with E-state index in [1.54, 1.807) is 0 Å². The Morgan fingerprint density at radius 1 is 1.36 bits per heavy atom. The molecule has 1 nitrogen and oxygen atoms in total. The summed E-state index contributed by atoms with van der Waals surface area (Å²) in [7, 11) is 0. The first-order valence-corrected chi connectivity index (χ1v) is 4.73. The molecule has 0 fully saturated rings. The Morgan fingerprint density at radius 2 is 1.91 bits per heavy atom. The molecule has 0 bridgehead atoms. The maximum atomic E-state index is 4.50. The molecule has 1 unspecified atom stereocenters. The van der Waals surface area contributed by atoms with Crippen molar-refractivity contribution in [3.05, 3.63) is 0 Å². The number of hydrogen-bond acceptors (Lipinski definition) is 1. The Morgan fingerprint density at radius 3 is 2.09 bits per heavy atom. The average molecular weight is 155 g/mol. The zero-order valence-corrected chi connectivity index (χ0v) is 8.52. The van der Waals surface area contributed by atoms with Gasteiger partial charge in [0.1, 0.15) is 0 Å². The van der Waals surface area contributed by atoms with E-state index in [0.717, 1.165) is 5.92 Å². The van der Waals surface area contributed by atoms with E-state index in [9.17, 15) is 0 Å². The lowest BCUT2D eigenvalue weighted by Gasteiger charge is -2.08. The minimum Gasteiger partial charge on any atom is -0.291 e. The fourth-order valence-corrected chi connectivity index (χ4v) is 1.25. The second kappa shape index (κ2) is 5.34. The predicted octanol–water partition coefficient (Wildman–Crippen LogP) is 3.29. The van der Waals surface area contributed by atoms with Gasteiger partial charge in [0.2, 0.25) is 0 Å². The Bertz CT molecular complexity index is 125. The summed E-state index contributed by atoms with van der Waals surface area (Å²) in [6.07, 6.45) is 2.51. The van der Waals surface area contributed by atoms with Gasteiger partial charge < -0.3 is 0 Å². The second-order valence-corrected chi connectivity index (χ2v) is 3.21. The van der Waals surface area contributed by atoms with Crippen LogP contribution in [0.4, 0.5) is 0 Å². The summed E-state index contributed by atoms with van der Waals surface area (Å²) in [5.41, 5.74) is 1.34. The van der Waals surface area contributed by atoms with Crippen molar-refractivity contribution in [1.82, 2.24) is 0 Å². The zero-order valence-electron chi connectivity index (χ0n) is 8.52. The molecule has 0 saturated carbocycles. The van der Waals surface area contributed by atoms with E-state index >= 15 is 0 Å². The van der Waals surface area contributed by atoms with Crippen molar-refractivity contribution in [3.8, 4) is 0 Å². The van der Waals surface area contributed by atoms with Crippen LogP contribution in [0.2, 0.25) is 0 Å². The standard InChI is InChI=1S/C8H15N.C2H6/c1-6(2)8-5-4-7(3)9-8;1-2/h6,8H,4-5H2,1-3H3;1-2H3. The summed E-state index contributed by atoms with van der Waals surface area (Å²) in [5.74, 6) is 0.738. The van der Waals surface area contributed by atoms with Gasteiger partial charge in [-0.05, 0) is 25.7 Å². The van der Waals surface area contributed by atoms with Crippen molar-refractivity contribution in [2.45, 2.75) is 53.5 Å². The van der Waals surface area contributed by atoms with Crippen LogP contribution in [0.3, 0.4) is 0 Å². The zero-order chi connectivity index (χ0) is 8.85. The van der Waals surface area contributed by atoms with Crippen molar-refractivity contribution in [1.29, 1.82) is 0 Å². The Balaban J connectivity index is 0.000000461. The molecule has 0 aromatic rings. The van der Waals surface area contributed by atoms with Crippen LogP contribution < -0.4 is 0 Å². The van der Waals surface area contributed by atoms with Crippen LogP contribution in [0.25, 0.3) is 0 Å². The van der Waals surface area contributed by atoms with Gasteiger partial charge in [-0.3, -0.25) is 4.99 Å². The van der Waals surface area contributed by atoms with E-state index in [0.29, 0.717) is 6.04 Å². The van der Waals surface area contributed by atoms with Crippen LogP contribution in [-0.2, 0) is 0 Å². The molecule has 1 aliphatic rings. The molecule has 1 heterocycles. The molecule has 0 spiro atoms. The van der Waals surface area contributed by atoms with Gasteiger partial charge in [-0.25, -0.2) is 0 Å². The molecule has 0 aliphatic carbocycles. The van der Waals surface area contributed by atoms with E-state index < -0.39 is 0 Å². The molecule has 1 aliphatic heterocycles.